The average molecular weight is 441 g/mol. The Hall–Kier alpha value is -0.560. The number of hydrogen-bond donors (Lipinski definition) is 1. The van der Waals surface area contributed by atoms with Crippen LogP contribution in [0.4, 0.5) is 0 Å². The first-order valence-corrected chi connectivity index (χ1v) is 14.0. The Bertz CT molecular complexity index is 760. The molecule has 0 saturated heterocycles. The third kappa shape index (κ3) is 3.50. The number of rotatable bonds is 5. The molecule has 0 radical (unpaired) electrons. The number of aliphatic hydroxyl groups excluding tert-OH is 1. The minimum atomic E-state index is -0.0840. The van der Waals surface area contributed by atoms with Crippen molar-refractivity contribution in [3.05, 3.63) is 23.3 Å². The van der Waals surface area contributed by atoms with Gasteiger partial charge in [-0.1, -0.05) is 71.8 Å². The van der Waals surface area contributed by atoms with E-state index in [9.17, 15) is 5.11 Å². The maximum absolute atomic E-state index is 10.6. The maximum Gasteiger partial charge on any atom is 0.0569 e. The van der Waals surface area contributed by atoms with E-state index in [2.05, 4.69) is 67.5 Å². The molecule has 32 heavy (non-hydrogen) atoms. The Labute approximate surface area is 199 Å². The Kier molecular flexibility index (Phi) is 6.59. The zero-order valence-electron chi connectivity index (χ0n) is 22.5. The van der Waals surface area contributed by atoms with E-state index in [0.29, 0.717) is 34.0 Å². The van der Waals surface area contributed by atoms with Crippen molar-refractivity contribution in [2.45, 2.75) is 119 Å². The van der Waals surface area contributed by atoms with Crippen molar-refractivity contribution < 1.29 is 5.11 Å². The van der Waals surface area contributed by atoms with Gasteiger partial charge in [0.25, 0.3) is 0 Å². The van der Waals surface area contributed by atoms with Gasteiger partial charge in [0.15, 0.2) is 0 Å². The SMILES string of the molecule is CC=C(CCC(C)C1CCC2(C)C3CCC4C(C)C(O)CCC4(C)C3=CCC12C)C(C)C. The van der Waals surface area contributed by atoms with Crippen molar-refractivity contribution in [1.82, 2.24) is 0 Å². The van der Waals surface area contributed by atoms with Gasteiger partial charge in [-0.3, -0.25) is 0 Å². The molecule has 1 nitrogen and oxygen atoms in total. The lowest BCUT2D eigenvalue weighted by Gasteiger charge is -2.62. The Morgan fingerprint density at radius 2 is 1.78 bits per heavy atom. The fraction of sp³-hybridized carbons (Fsp3) is 0.871. The van der Waals surface area contributed by atoms with Gasteiger partial charge >= 0.3 is 0 Å². The first kappa shape index (κ1) is 24.6. The van der Waals surface area contributed by atoms with Crippen LogP contribution in [0, 0.1) is 51.8 Å². The molecular weight excluding hydrogens is 388 g/mol. The van der Waals surface area contributed by atoms with Gasteiger partial charge in [0.05, 0.1) is 6.10 Å². The van der Waals surface area contributed by atoms with Crippen LogP contribution in [0.15, 0.2) is 23.3 Å². The smallest absolute Gasteiger partial charge is 0.0569 e. The van der Waals surface area contributed by atoms with Crippen molar-refractivity contribution in [1.29, 1.82) is 0 Å². The fourth-order valence-corrected chi connectivity index (χ4v) is 9.66. The molecule has 0 spiro atoms. The molecule has 0 bridgehead atoms. The molecule has 0 aromatic carbocycles. The summed E-state index contributed by atoms with van der Waals surface area (Å²) in [7, 11) is 0. The lowest BCUT2D eigenvalue weighted by molar-refractivity contribution is -0.0779. The van der Waals surface area contributed by atoms with Crippen LogP contribution < -0.4 is 0 Å². The monoisotopic (exact) mass is 440 g/mol. The molecule has 0 aromatic rings. The molecule has 1 heteroatoms. The standard InChI is InChI=1S/C31H52O/c1-9-23(20(2)3)11-10-21(4)24-14-18-31(8)27-13-12-25-22(5)28(32)16-17-29(25,6)26(27)15-19-30(24,31)7/h9,15,20-22,24-25,27-28,32H,10-14,16-19H2,1-8H3. The minimum absolute atomic E-state index is 0.0840. The maximum atomic E-state index is 10.6. The van der Waals surface area contributed by atoms with Crippen LogP contribution in [-0.4, -0.2) is 11.2 Å². The molecule has 182 valence electrons. The van der Waals surface area contributed by atoms with E-state index in [1.165, 1.54) is 51.4 Å². The Balaban J connectivity index is 1.58. The normalized spacial score (nSPS) is 47.5. The van der Waals surface area contributed by atoms with Gasteiger partial charge in [-0.25, -0.2) is 0 Å². The zero-order chi connectivity index (χ0) is 23.5. The lowest BCUT2D eigenvalue weighted by Crippen LogP contribution is -2.55. The fourth-order valence-electron chi connectivity index (χ4n) is 9.66. The molecule has 4 rings (SSSR count). The van der Waals surface area contributed by atoms with Crippen molar-refractivity contribution in [2.75, 3.05) is 0 Å². The third-order valence-corrected chi connectivity index (χ3v) is 12.1. The highest BCUT2D eigenvalue weighted by Crippen LogP contribution is 2.72. The minimum Gasteiger partial charge on any atom is -0.393 e. The molecule has 4 aliphatic carbocycles. The van der Waals surface area contributed by atoms with Crippen LogP contribution in [-0.2, 0) is 0 Å². The number of aliphatic hydroxyl groups is 1. The van der Waals surface area contributed by atoms with Crippen LogP contribution in [0.1, 0.15) is 113 Å². The summed E-state index contributed by atoms with van der Waals surface area (Å²) < 4.78 is 0. The van der Waals surface area contributed by atoms with Crippen LogP contribution in [0.3, 0.4) is 0 Å². The van der Waals surface area contributed by atoms with E-state index in [-0.39, 0.29) is 6.10 Å². The summed E-state index contributed by atoms with van der Waals surface area (Å²) in [5.41, 5.74) is 4.68. The van der Waals surface area contributed by atoms with E-state index in [0.717, 1.165) is 24.2 Å². The molecule has 1 N–H and O–H groups in total. The second kappa shape index (κ2) is 8.58. The highest BCUT2D eigenvalue weighted by atomic mass is 16.3. The van der Waals surface area contributed by atoms with Gasteiger partial charge in [0.1, 0.15) is 0 Å². The summed E-state index contributed by atoms with van der Waals surface area (Å²) >= 11 is 0. The number of hydrogen-bond acceptors (Lipinski definition) is 1. The van der Waals surface area contributed by atoms with Gasteiger partial charge < -0.3 is 5.11 Å². The van der Waals surface area contributed by atoms with E-state index >= 15 is 0 Å². The average Bonchev–Trinajstić information content (AvgIpc) is 3.02. The Morgan fingerprint density at radius 1 is 1.06 bits per heavy atom. The van der Waals surface area contributed by atoms with Gasteiger partial charge in [-0.2, -0.15) is 0 Å². The Morgan fingerprint density at radius 3 is 2.44 bits per heavy atom. The van der Waals surface area contributed by atoms with E-state index in [1.54, 1.807) is 5.57 Å². The molecule has 3 saturated carbocycles. The van der Waals surface area contributed by atoms with E-state index < -0.39 is 0 Å². The highest BCUT2D eigenvalue weighted by Gasteiger charge is 2.64. The molecule has 0 aliphatic heterocycles. The molecule has 9 atom stereocenters. The summed E-state index contributed by atoms with van der Waals surface area (Å²) in [6.07, 6.45) is 16.7. The summed E-state index contributed by atoms with van der Waals surface area (Å²) in [5.74, 6) is 4.24. The van der Waals surface area contributed by atoms with Gasteiger partial charge in [-0.15, -0.1) is 0 Å². The van der Waals surface area contributed by atoms with Crippen LogP contribution >= 0.6 is 0 Å². The molecule has 9 unspecified atom stereocenters. The van der Waals surface area contributed by atoms with Crippen LogP contribution in [0.5, 0.6) is 0 Å². The van der Waals surface area contributed by atoms with Crippen LogP contribution in [0.25, 0.3) is 0 Å². The van der Waals surface area contributed by atoms with Crippen molar-refractivity contribution in [2.24, 2.45) is 51.8 Å². The second-order valence-electron chi connectivity index (χ2n) is 13.5. The first-order valence-electron chi connectivity index (χ1n) is 14.0. The molecule has 4 aliphatic rings. The molecule has 0 heterocycles. The van der Waals surface area contributed by atoms with Gasteiger partial charge in [0, 0.05) is 0 Å². The lowest BCUT2D eigenvalue weighted by atomic mass is 9.43. The summed E-state index contributed by atoms with van der Waals surface area (Å²) in [6.45, 7) is 19.8. The van der Waals surface area contributed by atoms with Crippen molar-refractivity contribution in [3.63, 3.8) is 0 Å². The molecule has 3 fully saturated rings. The van der Waals surface area contributed by atoms with Crippen molar-refractivity contribution in [3.8, 4) is 0 Å². The summed E-state index contributed by atoms with van der Waals surface area (Å²) in [5, 5.41) is 10.6. The molecular formula is C31H52O. The summed E-state index contributed by atoms with van der Waals surface area (Å²) in [4.78, 5) is 0. The molecule has 0 aromatic heterocycles. The predicted molar refractivity (Wildman–Crippen MR) is 137 cm³/mol. The summed E-state index contributed by atoms with van der Waals surface area (Å²) in [6, 6.07) is 0. The molecule has 0 amide bonds. The van der Waals surface area contributed by atoms with Gasteiger partial charge in [0.2, 0.25) is 0 Å². The predicted octanol–water partition coefficient (Wildman–Crippen LogP) is 8.58. The van der Waals surface area contributed by atoms with E-state index in [1.807, 2.05) is 5.57 Å². The largest absolute Gasteiger partial charge is 0.393 e. The van der Waals surface area contributed by atoms with Crippen LogP contribution in [0.2, 0.25) is 0 Å². The third-order valence-electron chi connectivity index (χ3n) is 12.1. The van der Waals surface area contributed by atoms with E-state index in [4.69, 9.17) is 0 Å². The quantitative estimate of drug-likeness (QED) is 0.424. The number of allylic oxidation sites excluding steroid dienone is 4. The van der Waals surface area contributed by atoms with Gasteiger partial charge in [-0.05, 0) is 116 Å². The second-order valence-corrected chi connectivity index (χ2v) is 13.5. The number of fused-ring (bicyclic) bond motifs is 5. The zero-order valence-corrected chi connectivity index (χ0v) is 22.5. The highest BCUT2D eigenvalue weighted by molar-refractivity contribution is 5.32. The first-order chi connectivity index (χ1) is 15.0. The van der Waals surface area contributed by atoms with Crippen molar-refractivity contribution >= 4 is 0 Å². The topological polar surface area (TPSA) is 20.2 Å².